The number of amides is 1. The van der Waals surface area contributed by atoms with Crippen LogP contribution < -0.4 is 10.6 Å². The molecule has 2 atom stereocenters. The molecule has 8 nitrogen and oxygen atoms in total. The molecule has 1 aliphatic heterocycles. The number of hydrogen-bond acceptors (Lipinski definition) is 6. The molecule has 1 amide bonds. The van der Waals surface area contributed by atoms with E-state index in [-0.39, 0.29) is 29.6 Å². The number of benzene rings is 1. The molecule has 4 rings (SSSR count). The average Bonchev–Trinajstić information content (AvgIpc) is 3.17. The summed E-state index contributed by atoms with van der Waals surface area (Å²) in [6.07, 6.45) is 4.95. The van der Waals surface area contributed by atoms with Crippen LogP contribution in [0.5, 0.6) is 0 Å². The van der Waals surface area contributed by atoms with Crippen molar-refractivity contribution >= 4 is 40.0 Å². The highest BCUT2D eigenvalue weighted by atomic mass is 35.5. The lowest BCUT2D eigenvalue weighted by molar-refractivity contribution is -0.132. The number of nitrogens with zero attached hydrogens (tertiary/aromatic N) is 4. The van der Waals surface area contributed by atoms with Crippen molar-refractivity contribution in [3.05, 3.63) is 41.6 Å². The molecule has 0 unspecified atom stereocenters. The zero-order valence-corrected chi connectivity index (χ0v) is 16.6. The van der Waals surface area contributed by atoms with Crippen LogP contribution in [0.4, 0.5) is 15.9 Å². The topological polar surface area (TPSA) is 98.8 Å². The Kier molecular flexibility index (Phi) is 5.48. The minimum absolute atomic E-state index is 0.0361. The number of carbonyl (C=O) groups excluding carboxylic acids is 1. The van der Waals surface area contributed by atoms with Gasteiger partial charge in [0.1, 0.15) is 18.0 Å². The first kappa shape index (κ1) is 19.4. The van der Waals surface area contributed by atoms with Gasteiger partial charge in [0.15, 0.2) is 5.65 Å². The van der Waals surface area contributed by atoms with Crippen LogP contribution in [0.2, 0.25) is 5.02 Å². The van der Waals surface area contributed by atoms with E-state index >= 15 is 0 Å². The monoisotopic (exact) mass is 417 g/mol. The molecule has 0 spiro atoms. The van der Waals surface area contributed by atoms with Crippen molar-refractivity contribution in [3.8, 4) is 0 Å². The minimum Gasteiger partial charge on any atom is -0.376 e. The summed E-state index contributed by atoms with van der Waals surface area (Å²) in [5.41, 5.74) is 1.14. The Labute approximate surface area is 171 Å². The van der Waals surface area contributed by atoms with Crippen molar-refractivity contribution in [2.75, 3.05) is 23.7 Å². The van der Waals surface area contributed by atoms with Crippen LogP contribution in [0, 0.1) is 5.82 Å². The number of carbonyl (C=O) groups is 1. The second-order valence-electron chi connectivity index (χ2n) is 7.09. The smallest absolute Gasteiger partial charge is 0.242 e. The molecule has 0 bridgehead atoms. The fourth-order valence-electron chi connectivity index (χ4n) is 3.68. The van der Waals surface area contributed by atoms with Crippen LogP contribution in [0.1, 0.15) is 19.8 Å². The lowest BCUT2D eigenvalue weighted by Gasteiger charge is -2.40. The number of hydrogen-bond donors (Lipinski definition) is 3. The standard InChI is InChI=1S/C19H21ClFN7O/c1-11-16(26-18-15-8-25-27-19(15)24-10-23-18)3-2-4-28(11)17(29)9-22-14-6-12(20)5-13(21)7-14/h5-8,10-11,16,22H,2-4,9H2,1H3,(H2,23,24,25,26,27)/t11-,16-/m1/s1. The Morgan fingerprint density at radius 2 is 2.24 bits per heavy atom. The van der Waals surface area contributed by atoms with Crippen LogP contribution in [-0.4, -0.2) is 56.1 Å². The SMILES string of the molecule is C[C@@H]1[C@H](Nc2ncnc3[nH]ncc23)CCCN1C(=O)CNc1cc(F)cc(Cl)c1. The Balaban J connectivity index is 1.41. The number of piperidine rings is 1. The Morgan fingerprint density at radius 3 is 3.07 bits per heavy atom. The first-order valence-corrected chi connectivity index (χ1v) is 9.79. The van der Waals surface area contributed by atoms with E-state index in [0.29, 0.717) is 23.7 Å². The zero-order valence-electron chi connectivity index (χ0n) is 15.8. The molecule has 0 radical (unpaired) electrons. The van der Waals surface area contributed by atoms with Crippen molar-refractivity contribution in [3.63, 3.8) is 0 Å². The highest BCUT2D eigenvalue weighted by molar-refractivity contribution is 6.30. The molecule has 3 aromatic rings. The van der Waals surface area contributed by atoms with Crippen molar-refractivity contribution in [2.24, 2.45) is 0 Å². The van der Waals surface area contributed by atoms with Crippen molar-refractivity contribution in [1.29, 1.82) is 0 Å². The van der Waals surface area contributed by atoms with Gasteiger partial charge in [0.25, 0.3) is 0 Å². The van der Waals surface area contributed by atoms with Gasteiger partial charge in [-0.2, -0.15) is 5.10 Å². The summed E-state index contributed by atoms with van der Waals surface area (Å²) in [4.78, 5) is 23.1. The van der Waals surface area contributed by atoms with E-state index < -0.39 is 5.82 Å². The van der Waals surface area contributed by atoms with Crippen molar-refractivity contribution in [2.45, 2.75) is 31.8 Å². The molecule has 1 aromatic carbocycles. The van der Waals surface area contributed by atoms with Crippen molar-refractivity contribution < 1.29 is 9.18 Å². The van der Waals surface area contributed by atoms with Crippen LogP contribution in [0.15, 0.2) is 30.7 Å². The summed E-state index contributed by atoms with van der Waals surface area (Å²) in [7, 11) is 0. The fraction of sp³-hybridized carbons (Fsp3) is 0.368. The summed E-state index contributed by atoms with van der Waals surface area (Å²) in [6, 6.07) is 4.14. The van der Waals surface area contributed by atoms with Gasteiger partial charge in [-0.25, -0.2) is 14.4 Å². The number of fused-ring (bicyclic) bond motifs is 1. The Morgan fingerprint density at radius 1 is 1.38 bits per heavy atom. The number of rotatable bonds is 5. The van der Waals surface area contributed by atoms with E-state index in [1.54, 1.807) is 12.3 Å². The molecule has 2 aromatic heterocycles. The van der Waals surface area contributed by atoms with Gasteiger partial charge in [-0.1, -0.05) is 11.6 Å². The number of aromatic amines is 1. The molecule has 3 N–H and O–H groups in total. The molecule has 10 heteroatoms. The second kappa shape index (κ2) is 8.20. The van der Waals surface area contributed by atoms with E-state index in [2.05, 4.69) is 30.8 Å². The molecule has 3 heterocycles. The number of nitrogens with one attached hydrogen (secondary N) is 3. The minimum atomic E-state index is -0.446. The summed E-state index contributed by atoms with van der Waals surface area (Å²) >= 11 is 5.87. The van der Waals surface area contributed by atoms with Crippen LogP contribution in [-0.2, 0) is 4.79 Å². The van der Waals surface area contributed by atoms with Crippen LogP contribution in [0.25, 0.3) is 11.0 Å². The molecule has 1 aliphatic rings. The maximum absolute atomic E-state index is 13.5. The van der Waals surface area contributed by atoms with Crippen molar-refractivity contribution in [1.82, 2.24) is 25.1 Å². The first-order valence-electron chi connectivity index (χ1n) is 9.41. The molecular formula is C19H21ClFN7O. The Bertz CT molecular complexity index is 1010. The quantitative estimate of drug-likeness (QED) is 0.590. The van der Waals surface area contributed by atoms with E-state index in [1.165, 1.54) is 18.5 Å². The largest absolute Gasteiger partial charge is 0.376 e. The first-order chi connectivity index (χ1) is 14.0. The summed E-state index contributed by atoms with van der Waals surface area (Å²) in [6.45, 7) is 2.76. The fourth-order valence-corrected chi connectivity index (χ4v) is 3.90. The van der Waals surface area contributed by atoms with E-state index in [4.69, 9.17) is 11.6 Å². The lowest BCUT2D eigenvalue weighted by Crippen LogP contribution is -2.53. The van der Waals surface area contributed by atoms with Gasteiger partial charge in [-0.15, -0.1) is 0 Å². The van der Waals surface area contributed by atoms with Gasteiger partial charge < -0.3 is 15.5 Å². The van der Waals surface area contributed by atoms with Gasteiger partial charge in [0.05, 0.1) is 18.1 Å². The molecule has 152 valence electrons. The number of halogens is 2. The molecule has 1 saturated heterocycles. The summed E-state index contributed by atoms with van der Waals surface area (Å²) in [5, 5.41) is 14.3. The lowest BCUT2D eigenvalue weighted by atomic mass is 9.97. The summed E-state index contributed by atoms with van der Waals surface area (Å²) in [5.74, 6) is 0.196. The number of likely N-dealkylation sites (tertiary alicyclic amines) is 1. The number of H-pyrrole nitrogens is 1. The average molecular weight is 418 g/mol. The molecule has 29 heavy (non-hydrogen) atoms. The molecule has 0 aliphatic carbocycles. The zero-order chi connectivity index (χ0) is 20.4. The third kappa shape index (κ3) is 4.24. The molecular weight excluding hydrogens is 397 g/mol. The number of anilines is 2. The van der Waals surface area contributed by atoms with E-state index in [9.17, 15) is 9.18 Å². The van der Waals surface area contributed by atoms with Gasteiger partial charge >= 0.3 is 0 Å². The van der Waals surface area contributed by atoms with Gasteiger partial charge in [0.2, 0.25) is 5.91 Å². The second-order valence-corrected chi connectivity index (χ2v) is 7.52. The van der Waals surface area contributed by atoms with Gasteiger partial charge in [-0.3, -0.25) is 9.89 Å². The maximum Gasteiger partial charge on any atom is 0.242 e. The van der Waals surface area contributed by atoms with E-state index in [1.807, 2.05) is 11.8 Å². The predicted molar refractivity (Wildman–Crippen MR) is 109 cm³/mol. The van der Waals surface area contributed by atoms with Gasteiger partial charge in [0, 0.05) is 29.3 Å². The molecule has 0 saturated carbocycles. The van der Waals surface area contributed by atoms with Crippen LogP contribution >= 0.6 is 11.6 Å². The van der Waals surface area contributed by atoms with Gasteiger partial charge in [-0.05, 0) is 38.0 Å². The van der Waals surface area contributed by atoms with Crippen LogP contribution in [0.3, 0.4) is 0 Å². The summed E-state index contributed by atoms with van der Waals surface area (Å²) < 4.78 is 13.5. The predicted octanol–water partition coefficient (Wildman–Crippen LogP) is 3.05. The highest BCUT2D eigenvalue weighted by Crippen LogP contribution is 2.24. The maximum atomic E-state index is 13.5. The third-order valence-electron chi connectivity index (χ3n) is 5.18. The van der Waals surface area contributed by atoms with E-state index in [0.717, 1.165) is 18.2 Å². The Hall–Kier alpha value is -2.94. The normalized spacial score (nSPS) is 19.3. The number of aromatic nitrogens is 4. The molecule has 1 fully saturated rings. The highest BCUT2D eigenvalue weighted by Gasteiger charge is 2.31. The third-order valence-corrected chi connectivity index (χ3v) is 5.40.